The van der Waals surface area contributed by atoms with E-state index in [2.05, 4.69) is 68.2 Å². The molecule has 314 valence electrons. The molecular formula is C44H53F3N6O5Si. The molecule has 3 saturated heterocycles. The summed E-state index contributed by atoms with van der Waals surface area (Å²) < 4.78 is 65.9. The van der Waals surface area contributed by atoms with Gasteiger partial charge < -0.3 is 29.5 Å². The maximum absolute atomic E-state index is 17.6. The zero-order chi connectivity index (χ0) is 42.0. The van der Waals surface area contributed by atoms with Crippen molar-refractivity contribution in [1.82, 2.24) is 25.2 Å². The van der Waals surface area contributed by atoms with E-state index in [1.807, 2.05) is 4.90 Å². The number of benzene rings is 2. The number of amides is 1. The number of hydrogen-bond donors (Lipinski definition) is 2. The highest BCUT2D eigenvalue weighted by Gasteiger charge is 2.57. The lowest BCUT2D eigenvalue weighted by atomic mass is 9.95. The zero-order valence-electron chi connectivity index (χ0n) is 34.7. The molecule has 4 fully saturated rings. The standard InChI is InChI=1S/C44H53F3N6O5Si/c1-24(2)59(25(3)4,26(5)6)14-11-30-35(46)10-9-27-15-29(58-23-56-7)16-31(36(27)30)39-37(47)40-32(18-48-39)41(52-20-33-34(21-52)38(33)50-43(54)55)51-42(49-40)57-22-44-12-8-13-53(44)19-28(45)17-44/h9-10,15-16,18,24-26,28,33-34,38,50H,8,12-13,17,19-23H2,1-7H3,(H,54,55)/t28-,33-,34+,38+,44+/m1/s1. The monoisotopic (exact) mass is 830 g/mol. The molecule has 5 atom stereocenters. The third kappa shape index (κ3) is 7.24. The van der Waals surface area contributed by atoms with Crippen LogP contribution in [0.5, 0.6) is 11.8 Å². The van der Waals surface area contributed by atoms with Crippen molar-refractivity contribution >= 4 is 41.7 Å². The van der Waals surface area contributed by atoms with Crippen LogP contribution in [0.15, 0.2) is 30.5 Å². The van der Waals surface area contributed by atoms with E-state index >= 15 is 8.78 Å². The smallest absolute Gasteiger partial charge is 0.404 e. The van der Waals surface area contributed by atoms with Crippen molar-refractivity contribution in [3.63, 3.8) is 0 Å². The molecule has 59 heavy (non-hydrogen) atoms. The van der Waals surface area contributed by atoms with E-state index in [0.717, 1.165) is 19.4 Å². The Morgan fingerprint density at radius 1 is 1.05 bits per heavy atom. The highest BCUT2D eigenvalue weighted by Crippen LogP contribution is 2.49. The van der Waals surface area contributed by atoms with Crippen LogP contribution in [0, 0.1) is 34.9 Å². The van der Waals surface area contributed by atoms with Gasteiger partial charge in [0.05, 0.1) is 16.5 Å². The number of ether oxygens (including phenoxy) is 3. The number of methoxy groups -OCH3 is 1. The molecule has 8 rings (SSSR count). The summed E-state index contributed by atoms with van der Waals surface area (Å²) in [5, 5.41) is 13.3. The fourth-order valence-corrected chi connectivity index (χ4v) is 16.0. The van der Waals surface area contributed by atoms with Gasteiger partial charge in [-0.3, -0.25) is 9.88 Å². The van der Waals surface area contributed by atoms with E-state index in [4.69, 9.17) is 24.2 Å². The van der Waals surface area contributed by atoms with Gasteiger partial charge in [-0.1, -0.05) is 53.5 Å². The van der Waals surface area contributed by atoms with Crippen LogP contribution in [0.25, 0.3) is 32.9 Å². The molecule has 0 unspecified atom stereocenters. The second kappa shape index (κ2) is 15.7. The van der Waals surface area contributed by atoms with E-state index < -0.39 is 37.5 Å². The predicted molar refractivity (Wildman–Crippen MR) is 223 cm³/mol. The molecule has 0 bridgehead atoms. The summed E-state index contributed by atoms with van der Waals surface area (Å²) in [4.78, 5) is 29.7. The fourth-order valence-electron chi connectivity index (χ4n) is 10.8. The highest BCUT2D eigenvalue weighted by molar-refractivity contribution is 6.90. The Kier molecular flexibility index (Phi) is 11.0. The van der Waals surface area contributed by atoms with Crippen molar-refractivity contribution in [2.45, 2.75) is 95.2 Å². The van der Waals surface area contributed by atoms with E-state index in [1.54, 1.807) is 18.2 Å². The average molecular weight is 831 g/mol. The summed E-state index contributed by atoms with van der Waals surface area (Å²) in [6.45, 7) is 15.3. The average Bonchev–Trinajstić information content (AvgIpc) is 3.50. The Hall–Kier alpha value is -4.65. The number of carboxylic acid groups (broad SMARTS) is 1. The van der Waals surface area contributed by atoms with Crippen LogP contribution in [0.2, 0.25) is 16.6 Å². The lowest BCUT2D eigenvalue weighted by molar-refractivity contribution is 0.0512. The van der Waals surface area contributed by atoms with Crippen LogP contribution in [0.3, 0.4) is 0 Å². The maximum Gasteiger partial charge on any atom is 0.404 e. The third-order valence-electron chi connectivity index (χ3n) is 13.6. The first kappa shape index (κ1) is 41.1. The molecule has 5 heterocycles. The number of piperidine rings is 1. The van der Waals surface area contributed by atoms with Gasteiger partial charge in [-0.05, 0) is 59.6 Å². The van der Waals surface area contributed by atoms with E-state index in [1.165, 1.54) is 19.4 Å². The van der Waals surface area contributed by atoms with Crippen molar-refractivity contribution in [2.24, 2.45) is 11.8 Å². The van der Waals surface area contributed by atoms with Crippen LogP contribution in [0.1, 0.15) is 66.4 Å². The Morgan fingerprint density at radius 2 is 1.78 bits per heavy atom. The molecule has 1 aliphatic carbocycles. The minimum Gasteiger partial charge on any atom is -0.468 e. The van der Waals surface area contributed by atoms with Crippen molar-refractivity contribution in [1.29, 1.82) is 0 Å². The minimum absolute atomic E-state index is 0.0439. The van der Waals surface area contributed by atoms with Gasteiger partial charge in [0.1, 0.15) is 49.4 Å². The third-order valence-corrected chi connectivity index (χ3v) is 19.9. The first-order valence-corrected chi connectivity index (χ1v) is 22.9. The van der Waals surface area contributed by atoms with E-state index in [0.29, 0.717) is 70.4 Å². The molecule has 15 heteroatoms. The van der Waals surface area contributed by atoms with Crippen molar-refractivity contribution in [3.8, 4) is 34.5 Å². The van der Waals surface area contributed by atoms with Crippen LogP contribution >= 0.6 is 0 Å². The molecule has 4 aliphatic rings. The molecule has 2 aromatic carbocycles. The Bertz CT molecular complexity index is 2320. The quantitative estimate of drug-likeness (QED) is 0.0819. The van der Waals surface area contributed by atoms with Gasteiger partial charge in [-0.25, -0.2) is 18.0 Å². The number of anilines is 1. The Labute approximate surface area is 344 Å². The number of alkyl halides is 1. The summed E-state index contributed by atoms with van der Waals surface area (Å²) in [5.41, 5.74) is 4.37. The number of halogens is 3. The van der Waals surface area contributed by atoms with Crippen LogP contribution < -0.4 is 19.7 Å². The molecule has 4 aromatic rings. The van der Waals surface area contributed by atoms with Gasteiger partial charge in [-0.2, -0.15) is 9.97 Å². The Balaban J connectivity index is 1.28. The lowest BCUT2D eigenvalue weighted by Crippen LogP contribution is -2.43. The van der Waals surface area contributed by atoms with Gasteiger partial charge in [0.15, 0.2) is 12.6 Å². The number of fused-ring (bicyclic) bond motifs is 4. The zero-order valence-corrected chi connectivity index (χ0v) is 35.7. The second-order valence-electron chi connectivity index (χ2n) is 17.8. The summed E-state index contributed by atoms with van der Waals surface area (Å²) in [6.07, 6.45) is 1.54. The van der Waals surface area contributed by atoms with Crippen molar-refractivity contribution < 1.29 is 37.3 Å². The molecular weight excluding hydrogens is 778 g/mol. The normalized spacial score (nSPS) is 23.9. The number of hydrogen-bond acceptors (Lipinski definition) is 9. The first-order chi connectivity index (χ1) is 28.2. The van der Waals surface area contributed by atoms with Crippen LogP contribution in [-0.4, -0.2) is 104 Å². The number of aromatic nitrogens is 3. The van der Waals surface area contributed by atoms with Gasteiger partial charge in [0.25, 0.3) is 0 Å². The Morgan fingerprint density at radius 3 is 2.46 bits per heavy atom. The molecule has 3 aliphatic heterocycles. The maximum atomic E-state index is 17.6. The number of rotatable bonds is 12. The van der Waals surface area contributed by atoms with E-state index in [-0.39, 0.29) is 59.6 Å². The highest BCUT2D eigenvalue weighted by atomic mass is 28.3. The summed E-state index contributed by atoms with van der Waals surface area (Å²) >= 11 is 0. The van der Waals surface area contributed by atoms with Crippen LogP contribution in [0.4, 0.5) is 23.8 Å². The summed E-state index contributed by atoms with van der Waals surface area (Å²) in [5.74, 6) is 2.95. The number of nitrogens with one attached hydrogen (secondary N) is 1. The van der Waals surface area contributed by atoms with Crippen molar-refractivity contribution in [2.75, 3.05) is 51.6 Å². The molecule has 1 saturated carbocycles. The molecule has 2 N–H and O–H groups in total. The molecule has 0 radical (unpaired) electrons. The summed E-state index contributed by atoms with van der Waals surface area (Å²) in [6, 6.07) is 6.18. The number of pyridine rings is 1. The minimum atomic E-state index is -2.31. The van der Waals surface area contributed by atoms with Crippen molar-refractivity contribution in [3.05, 3.63) is 47.7 Å². The van der Waals surface area contributed by atoms with Gasteiger partial charge in [-0.15, -0.1) is 5.54 Å². The lowest BCUT2D eigenvalue weighted by Gasteiger charge is -2.38. The summed E-state index contributed by atoms with van der Waals surface area (Å²) in [7, 11) is -0.815. The first-order valence-electron chi connectivity index (χ1n) is 20.7. The predicted octanol–water partition coefficient (Wildman–Crippen LogP) is 8.33. The second-order valence-corrected chi connectivity index (χ2v) is 23.4. The number of nitrogens with zero attached hydrogens (tertiary/aromatic N) is 5. The SMILES string of the molecule is COCOc1cc(-c2ncc3c(N4C[C@@H]5[C@H](C4)[C@H]5NC(=O)O)nc(OC[C@@]45CCCN4C[C@H](F)C5)nc3c2F)c2c(C#C[Si](C(C)C)(C(C)C)C(C)C)c(F)ccc2c1. The van der Waals surface area contributed by atoms with Gasteiger partial charge in [0, 0.05) is 68.2 Å². The number of carbonyl (C=O) groups is 1. The fraction of sp³-hybridized carbons (Fsp3) is 0.545. The topological polar surface area (TPSA) is 122 Å². The van der Waals surface area contributed by atoms with Gasteiger partial charge in [0.2, 0.25) is 0 Å². The largest absolute Gasteiger partial charge is 0.468 e. The molecule has 0 spiro atoms. The molecule has 11 nitrogen and oxygen atoms in total. The molecule has 2 aromatic heterocycles. The van der Waals surface area contributed by atoms with E-state index in [9.17, 15) is 14.3 Å². The van der Waals surface area contributed by atoms with Gasteiger partial charge >= 0.3 is 12.1 Å². The molecule has 1 amide bonds. The van der Waals surface area contributed by atoms with Crippen LogP contribution in [-0.2, 0) is 4.74 Å².